The van der Waals surface area contributed by atoms with E-state index < -0.39 is 0 Å². The van der Waals surface area contributed by atoms with E-state index in [1.54, 1.807) is 11.7 Å². The van der Waals surface area contributed by atoms with Crippen molar-refractivity contribution in [2.24, 2.45) is 0 Å². The lowest BCUT2D eigenvalue weighted by atomic mass is 10.3. The maximum atomic E-state index is 5.33. The zero-order valence-electron chi connectivity index (χ0n) is 11.0. The van der Waals surface area contributed by atoms with Crippen LogP contribution < -0.4 is 10.1 Å². The van der Waals surface area contributed by atoms with Gasteiger partial charge in [-0.05, 0) is 25.8 Å². The number of ether oxygens (including phenoxy) is 1. The van der Waals surface area contributed by atoms with Crippen LogP contribution in [0.5, 0.6) is 6.01 Å². The number of hydrogen-bond donors (Lipinski definition) is 1. The van der Waals surface area contributed by atoms with Crippen LogP contribution in [0.4, 0.5) is 5.95 Å². The summed E-state index contributed by atoms with van der Waals surface area (Å²) in [5, 5.41) is 7.39. The van der Waals surface area contributed by atoms with Gasteiger partial charge in [-0.15, -0.1) is 0 Å². The number of hydrogen-bond acceptors (Lipinski definition) is 6. The van der Waals surface area contributed by atoms with Crippen LogP contribution >= 0.6 is 0 Å². The first-order chi connectivity index (χ1) is 9.30. The van der Waals surface area contributed by atoms with E-state index in [-0.39, 0.29) is 0 Å². The standard InChI is InChI=1S/C12H16N6O/c1-3-19-12-15-10(13-2)14-11(16-12)18-7-6-9(17-18)8-4-5-8/h6-8H,3-5H2,1-2H3,(H,13,14,15,16). The molecule has 0 atom stereocenters. The van der Waals surface area contributed by atoms with Gasteiger partial charge in [0.1, 0.15) is 0 Å². The average Bonchev–Trinajstić information content (AvgIpc) is 3.16. The molecular formula is C12H16N6O. The maximum absolute atomic E-state index is 5.33. The molecule has 1 saturated carbocycles. The number of nitrogens with zero attached hydrogens (tertiary/aromatic N) is 5. The molecule has 19 heavy (non-hydrogen) atoms. The van der Waals surface area contributed by atoms with Crippen molar-refractivity contribution in [2.45, 2.75) is 25.7 Å². The minimum atomic E-state index is 0.306. The molecule has 100 valence electrons. The topological polar surface area (TPSA) is 77.8 Å². The number of aromatic nitrogens is 5. The van der Waals surface area contributed by atoms with Gasteiger partial charge in [-0.1, -0.05) is 0 Å². The van der Waals surface area contributed by atoms with Crippen molar-refractivity contribution in [1.82, 2.24) is 24.7 Å². The largest absolute Gasteiger partial charge is 0.464 e. The second kappa shape index (κ2) is 4.83. The Balaban J connectivity index is 1.94. The third-order valence-corrected chi connectivity index (χ3v) is 2.91. The van der Waals surface area contributed by atoms with Gasteiger partial charge in [-0.2, -0.15) is 20.1 Å². The van der Waals surface area contributed by atoms with E-state index in [9.17, 15) is 0 Å². The molecule has 0 unspecified atom stereocenters. The third kappa shape index (κ3) is 2.49. The average molecular weight is 260 g/mol. The Morgan fingerprint density at radius 3 is 2.89 bits per heavy atom. The summed E-state index contributed by atoms with van der Waals surface area (Å²) in [6, 6.07) is 2.32. The van der Waals surface area contributed by atoms with Crippen molar-refractivity contribution >= 4 is 5.95 Å². The normalized spacial score (nSPS) is 14.4. The summed E-state index contributed by atoms with van der Waals surface area (Å²) in [5.41, 5.74) is 1.10. The van der Waals surface area contributed by atoms with Crippen LogP contribution in [0.15, 0.2) is 12.3 Å². The second-order valence-corrected chi connectivity index (χ2v) is 4.38. The van der Waals surface area contributed by atoms with E-state index in [1.165, 1.54) is 12.8 Å². The Morgan fingerprint density at radius 1 is 1.37 bits per heavy atom. The molecule has 0 aliphatic heterocycles. The van der Waals surface area contributed by atoms with E-state index in [0.29, 0.717) is 30.4 Å². The van der Waals surface area contributed by atoms with Crippen LogP contribution in [-0.4, -0.2) is 38.4 Å². The summed E-state index contributed by atoms with van der Waals surface area (Å²) < 4.78 is 7.00. The molecule has 0 aromatic carbocycles. The van der Waals surface area contributed by atoms with E-state index >= 15 is 0 Å². The summed E-state index contributed by atoms with van der Waals surface area (Å²) >= 11 is 0. The summed E-state index contributed by atoms with van der Waals surface area (Å²) in [6.45, 7) is 2.40. The van der Waals surface area contributed by atoms with Gasteiger partial charge in [0.05, 0.1) is 12.3 Å². The maximum Gasteiger partial charge on any atom is 0.323 e. The lowest BCUT2D eigenvalue weighted by Crippen LogP contribution is -2.09. The highest BCUT2D eigenvalue weighted by Gasteiger charge is 2.26. The van der Waals surface area contributed by atoms with E-state index in [2.05, 4.69) is 25.4 Å². The van der Waals surface area contributed by atoms with Crippen molar-refractivity contribution in [3.8, 4) is 12.0 Å². The Labute approximate surface area is 111 Å². The number of nitrogens with one attached hydrogen (secondary N) is 1. The monoisotopic (exact) mass is 260 g/mol. The lowest BCUT2D eigenvalue weighted by Gasteiger charge is -2.06. The molecule has 2 aromatic rings. The van der Waals surface area contributed by atoms with E-state index in [1.807, 2.05) is 19.2 Å². The predicted octanol–water partition coefficient (Wildman–Crippen LogP) is 1.38. The molecule has 2 aromatic heterocycles. The smallest absolute Gasteiger partial charge is 0.323 e. The highest BCUT2D eigenvalue weighted by molar-refractivity contribution is 5.29. The fraction of sp³-hybridized carbons (Fsp3) is 0.500. The molecule has 7 heteroatoms. The van der Waals surface area contributed by atoms with Gasteiger partial charge in [0.2, 0.25) is 5.95 Å². The Hall–Kier alpha value is -2.18. The Kier molecular flexibility index (Phi) is 3.02. The van der Waals surface area contributed by atoms with Gasteiger partial charge in [-0.25, -0.2) is 4.68 Å². The SMILES string of the molecule is CCOc1nc(NC)nc(-n2ccc(C3CC3)n2)n1. The van der Waals surface area contributed by atoms with Crippen LogP contribution in [0.3, 0.4) is 0 Å². The molecule has 7 nitrogen and oxygen atoms in total. The van der Waals surface area contributed by atoms with Gasteiger partial charge in [0, 0.05) is 19.2 Å². The molecule has 0 saturated heterocycles. The second-order valence-electron chi connectivity index (χ2n) is 4.38. The molecule has 1 aliphatic carbocycles. The minimum Gasteiger partial charge on any atom is -0.464 e. The first-order valence-electron chi connectivity index (χ1n) is 6.42. The minimum absolute atomic E-state index is 0.306. The van der Waals surface area contributed by atoms with Gasteiger partial charge >= 0.3 is 6.01 Å². The van der Waals surface area contributed by atoms with Crippen molar-refractivity contribution in [3.63, 3.8) is 0 Å². The van der Waals surface area contributed by atoms with Crippen molar-refractivity contribution in [3.05, 3.63) is 18.0 Å². The van der Waals surface area contributed by atoms with Crippen molar-refractivity contribution in [2.75, 3.05) is 19.0 Å². The highest BCUT2D eigenvalue weighted by atomic mass is 16.5. The molecule has 0 amide bonds. The van der Waals surface area contributed by atoms with Crippen molar-refractivity contribution < 1.29 is 4.74 Å². The molecular weight excluding hydrogens is 244 g/mol. The predicted molar refractivity (Wildman–Crippen MR) is 69.6 cm³/mol. The van der Waals surface area contributed by atoms with E-state index in [4.69, 9.17) is 4.74 Å². The van der Waals surface area contributed by atoms with Gasteiger partial charge in [0.15, 0.2) is 0 Å². The third-order valence-electron chi connectivity index (χ3n) is 2.91. The Bertz CT molecular complexity index is 577. The van der Waals surface area contributed by atoms with E-state index in [0.717, 1.165) is 5.69 Å². The Morgan fingerprint density at radius 2 is 2.21 bits per heavy atom. The molecule has 1 aliphatic rings. The molecule has 3 rings (SSSR count). The molecule has 0 bridgehead atoms. The zero-order chi connectivity index (χ0) is 13.2. The van der Waals surface area contributed by atoms with Gasteiger partial charge in [0.25, 0.3) is 5.95 Å². The highest BCUT2D eigenvalue weighted by Crippen LogP contribution is 2.38. The zero-order valence-corrected chi connectivity index (χ0v) is 11.0. The quantitative estimate of drug-likeness (QED) is 0.875. The van der Waals surface area contributed by atoms with Crippen LogP contribution in [0.25, 0.3) is 5.95 Å². The van der Waals surface area contributed by atoms with Crippen LogP contribution in [0.1, 0.15) is 31.4 Å². The fourth-order valence-electron chi connectivity index (χ4n) is 1.80. The van der Waals surface area contributed by atoms with Crippen LogP contribution in [0.2, 0.25) is 0 Å². The fourth-order valence-corrected chi connectivity index (χ4v) is 1.80. The summed E-state index contributed by atoms with van der Waals surface area (Å²) in [5.74, 6) is 1.55. The number of rotatable bonds is 5. The number of anilines is 1. The first-order valence-corrected chi connectivity index (χ1v) is 6.42. The molecule has 0 radical (unpaired) electrons. The first kappa shape index (κ1) is 11.9. The molecule has 1 fully saturated rings. The van der Waals surface area contributed by atoms with Crippen LogP contribution in [0, 0.1) is 0 Å². The van der Waals surface area contributed by atoms with Crippen molar-refractivity contribution in [1.29, 1.82) is 0 Å². The summed E-state index contributed by atoms with van der Waals surface area (Å²) in [7, 11) is 1.76. The van der Waals surface area contributed by atoms with Gasteiger partial charge < -0.3 is 10.1 Å². The lowest BCUT2D eigenvalue weighted by molar-refractivity contribution is 0.311. The van der Waals surface area contributed by atoms with Crippen LogP contribution in [-0.2, 0) is 0 Å². The molecule has 0 spiro atoms. The molecule has 1 N–H and O–H groups in total. The summed E-state index contributed by atoms with van der Waals surface area (Å²) in [4.78, 5) is 12.7. The summed E-state index contributed by atoms with van der Waals surface area (Å²) in [6.07, 6.45) is 4.32. The molecule has 2 heterocycles. The van der Waals surface area contributed by atoms with Gasteiger partial charge in [-0.3, -0.25) is 0 Å².